The van der Waals surface area contributed by atoms with Crippen LogP contribution < -0.4 is 9.64 Å². The second kappa shape index (κ2) is 5.20. The molecule has 1 aromatic carbocycles. The molecule has 1 aliphatic heterocycles. The smallest absolute Gasteiger partial charge is 0.308 e. The van der Waals surface area contributed by atoms with Crippen LogP contribution >= 0.6 is 0 Å². The van der Waals surface area contributed by atoms with Crippen LogP contribution in [0.25, 0.3) is 10.8 Å². The van der Waals surface area contributed by atoms with Crippen LogP contribution in [0.5, 0.6) is 5.75 Å². The number of hydrogen-bond acceptors (Lipinski definition) is 4. The molecule has 1 atom stereocenters. The molecule has 0 spiro atoms. The van der Waals surface area contributed by atoms with E-state index >= 15 is 0 Å². The molecule has 3 rings (SSSR count). The number of aliphatic carboxylic acids is 1. The SMILES string of the molecule is COc1cc2ccnc(N3CCC(C(=O)O)C3)c2cc1F. The van der Waals surface area contributed by atoms with E-state index in [1.165, 1.54) is 13.2 Å². The van der Waals surface area contributed by atoms with E-state index in [1.54, 1.807) is 18.3 Å². The zero-order chi connectivity index (χ0) is 15.0. The molecule has 0 radical (unpaired) electrons. The van der Waals surface area contributed by atoms with Gasteiger partial charge in [-0.05, 0) is 30.0 Å². The standard InChI is InChI=1S/C15H15FN2O3/c1-21-13-6-9-2-4-17-14(11(9)7-12(13)16)18-5-3-10(8-18)15(19)20/h2,4,6-7,10H,3,5,8H2,1H3,(H,19,20). The second-order valence-electron chi connectivity index (χ2n) is 5.11. The average molecular weight is 290 g/mol. The van der Waals surface area contributed by atoms with Crippen molar-refractivity contribution in [3.05, 3.63) is 30.2 Å². The Morgan fingerprint density at radius 2 is 2.33 bits per heavy atom. The topological polar surface area (TPSA) is 62.7 Å². The Morgan fingerprint density at radius 3 is 3.00 bits per heavy atom. The van der Waals surface area contributed by atoms with Crippen LogP contribution in [0.15, 0.2) is 24.4 Å². The largest absolute Gasteiger partial charge is 0.494 e. The van der Waals surface area contributed by atoms with Gasteiger partial charge in [-0.25, -0.2) is 9.37 Å². The van der Waals surface area contributed by atoms with Crippen LogP contribution in [0, 0.1) is 11.7 Å². The number of carbonyl (C=O) groups is 1. The van der Waals surface area contributed by atoms with Crippen molar-refractivity contribution < 1.29 is 19.0 Å². The summed E-state index contributed by atoms with van der Waals surface area (Å²) in [5.74, 6) is -0.841. The van der Waals surface area contributed by atoms with Crippen LogP contribution in [0.3, 0.4) is 0 Å². The van der Waals surface area contributed by atoms with Gasteiger partial charge in [0.15, 0.2) is 11.6 Å². The quantitative estimate of drug-likeness (QED) is 0.939. The highest BCUT2D eigenvalue weighted by molar-refractivity contribution is 5.93. The zero-order valence-corrected chi connectivity index (χ0v) is 11.5. The van der Waals surface area contributed by atoms with Crippen LogP contribution in [0.1, 0.15) is 6.42 Å². The van der Waals surface area contributed by atoms with Crippen molar-refractivity contribution in [2.45, 2.75) is 6.42 Å². The highest BCUT2D eigenvalue weighted by atomic mass is 19.1. The molecule has 21 heavy (non-hydrogen) atoms. The fourth-order valence-corrected chi connectivity index (χ4v) is 2.72. The number of ether oxygens (including phenoxy) is 1. The maximum Gasteiger partial charge on any atom is 0.308 e. The number of hydrogen-bond donors (Lipinski definition) is 1. The van der Waals surface area contributed by atoms with Gasteiger partial charge >= 0.3 is 5.97 Å². The van der Waals surface area contributed by atoms with Crippen LogP contribution in [-0.2, 0) is 4.79 Å². The minimum atomic E-state index is -0.800. The van der Waals surface area contributed by atoms with Crippen molar-refractivity contribution in [3.8, 4) is 5.75 Å². The van der Waals surface area contributed by atoms with Gasteiger partial charge in [0.2, 0.25) is 0 Å². The van der Waals surface area contributed by atoms with E-state index in [-0.39, 0.29) is 5.75 Å². The summed E-state index contributed by atoms with van der Waals surface area (Å²) >= 11 is 0. The predicted molar refractivity (Wildman–Crippen MR) is 76.2 cm³/mol. The minimum absolute atomic E-state index is 0.185. The van der Waals surface area contributed by atoms with Crippen molar-refractivity contribution in [2.24, 2.45) is 5.92 Å². The number of benzene rings is 1. The molecule has 5 nitrogen and oxygen atoms in total. The fraction of sp³-hybridized carbons (Fsp3) is 0.333. The van der Waals surface area contributed by atoms with Gasteiger partial charge in [0.25, 0.3) is 0 Å². The molecule has 0 saturated carbocycles. The molecule has 6 heteroatoms. The fourth-order valence-electron chi connectivity index (χ4n) is 2.72. The third kappa shape index (κ3) is 2.37. The van der Waals surface area contributed by atoms with E-state index in [4.69, 9.17) is 9.84 Å². The Hall–Kier alpha value is -2.37. The molecule has 1 saturated heterocycles. The van der Waals surface area contributed by atoms with Crippen molar-refractivity contribution in [2.75, 3.05) is 25.1 Å². The van der Waals surface area contributed by atoms with Gasteiger partial charge in [0.05, 0.1) is 13.0 Å². The summed E-state index contributed by atoms with van der Waals surface area (Å²) in [5, 5.41) is 10.6. The van der Waals surface area contributed by atoms with Crippen molar-refractivity contribution in [3.63, 3.8) is 0 Å². The first-order valence-electron chi connectivity index (χ1n) is 6.70. The van der Waals surface area contributed by atoms with E-state index in [1.807, 2.05) is 4.90 Å². The molecule has 1 aromatic heterocycles. The monoisotopic (exact) mass is 290 g/mol. The summed E-state index contributed by atoms with van der Waals surface area (Å²) in [5.41, 5.74) is 0. The lowest BCUT2D eigenvalue weighted by Gasteiger charge is -2.19. The molecule has 0 amide bonds. The Kier molecular flexibility index (Phi) is 3.37. The minimum Gasteiger partial charge on any atom is -0.494 e. The number of anilines is 1. The van der Waals surface area contributed by atoms with Crippen molar-refractivity contribution in [1.82, 2.24) is 4.98 Å². The first-order valence-corrected chi connectivity index (χ1v) is 6.70. The van der Waals surface area contributed by atoms with Gasteiger partial charge < -0.3 is 14.7 Å². The number of halogens is 1. The first-order chi connectivity index (χ1) is 10.1. The molecule has 2 heterocycles. The number of methoxy groups -OCH3 is 1. The second-order valence-corrected chi connectivity index (χ2v) is 5.11. The lowest BCUT2D eigenvalue weighted by atomic mass is 10.1. The van der Waals surface area contributed by atoms with Gasteiger partial charge in [-0.1, -0.05) is 0 Å². The van der Waals surface area contributed by atoms with Gasteiger partial charge in [0, 0.05) is 24.7 Å². The molecular formula is C15H15FN2O3. The van der Waals surface area contributed by atoms with Crippen molar-refractivity contribution in [1.29, 1.82) is 0 Å². The van der Waals surface area contributed by atoms with Gasteiger partial charge in [0.1, 0.15) is 5.82 Å². The molecule has 1 fully saturated rings. The summed E-state index contributed by atoms with van der Waals surface area (Å²) in [6, 6.07) is 4.80. The summed E-state index contributed by atoms with van der Waals surface area (Å²) in [4.78, 5) is 17.3. The van der Waals surface area contributed by atoms with Crippen LogP contribution in [0.2, 0.25) is 0 Å². The van der Waals surface area contributed by atoms with Gasteiger partial charge in [-0.15, -0.1) is 0 Å². The molecule has 0 bridgehead atoms. The predicted octanol–water partition coefficient (Wildman–Crippen LogP) is 2.29. The molecule has 1 unspecified atom stereocenters. The van der Waals surface area contributed by atoms with Gasteiger partial charge in [-0.3, -0.25) is 4.79 Å². The molecule has 110 valence electrons. The molecule has 1 N–H and O–H groups in total. The maximum absolute atomic E-state index is 13.9. The molecule has 1 aliphatic rings. The Labute approximate surface area is 121 Å². The summed E-state index contributed by atoms with van der Waals surface area (Å²) in [6.07, 6.45) is 2.22. The number of nitrogens with zero attached hydrogens (tertiary/aromatic N) is 2. The van der Waals surface area contributed by atoms with E-state index in [0.717, 1.165) is 5.39 Å². The number of carboxylic acids is 1. The Morgan fingerprint density at radius 1 is 1.52 bits per heavy atom. The lowest BCUT2D eigenvalue weighted by molar-refractivity contribution is -0.140. The number of fused-ring (bicyclic) bond motifs is 1. The summed E-state index contributed by atoms with van der Waals surface area (Å²) in [7, 11) is 1.42. The average Bonchev–Trinajstić information content (AvgIpc) is 2.96. The maximum atomic E-state index is 13.9. The molecule has 0 aliphatic carbocycles. The normalized spacial score (nSPS) is 18.2. The van der Waals surface area contributed by atoms with E-state index in [2.05, 4.69) is 4.98 Å². The highest BCUT2D eigenvalue weighted by Gasteiger charge is 2.29. The highest BCUT2D eigenvalue weighted by Crippen LogP contribution is 2.32. The van der Waals surface area contributed by atoms with Crippen LogP contribution in [0.4, 0.5) is 10.2 Å². The van der Waals surface area contributed by atoms with Gasteiger partial charge in [-0.2, -0.15) is 0 Å². The zero-order valence-electron chi connectivity index (χ0n) is 11.5. The molecule has 2 aromatic rings. The third-order valence-corrected chi connectivity index (χ3v) is 3.85. The van der Waals surface area contributed by atoms with E-state index < -0.39 is 17.7 Å². The van der Waals surface area contributed by atoms with E-state index in [0.29, 0.717) is 30.7 Å². The summed E-state index contributed by atoms with van der Waals surface area (Å²) < 4.78 is 18.9. The third-order valence-electron chi connectivity index (χ3n) is 3.85. The molecular weight excluding hydrogens is 275 g/mol. The van der Waals surface area contributed by atoms with Crippen LogP contribution in [-0.4, -0.2) is 36.3 Å². The van der Waals surface area contributed by atoms with Crippen molar-refractivity contribution >= 4 is 22.6 Å². The first kappa shape index (κ1) is 13.6. The lowest BCUT2D eigenvalue weighted by Crippen LogP contribution is -2.23. The Balaban J connectivity index is 2.03. The number of aromatic nitrogens is 1. The number of pyridine rings is 1. The Bertz CT molecular complexity index is 705. The number of rotatable bonds is 3. The number of carboxylic acid groups (broad SMARTS) is 1. The van der Waals surface area contributed by atoms with E-state index in [9.17, 15) is 9.18 Å². The summed E-state index contributed by atoms with van der Waals surface area (Å²) in [6.45, 7) is 1.01.